The number of ether oxygens (including phenoxy) is 1. The number of imidazole rings is 1. The Morgan fingerprint density at radius 3 is 2.35 bits per heavy atom. The van der Waals surface area contributed by atoms with Gasteiger partial charge in [-0.1, -0.05) is 11.6 Å². The van der Waals surface area contributed by atoms with E-state index < -0.39 is 12.1 Å². The van der Waals surface area contributed by atoms with Gasteiger partial charge in [-0.15, -0.1) is 0 Å². The summed E-state index contributed by atoms with van der Waals surface area (Å²) in [6, 6.07) is 6.85. The summed E-state index contributed by atoms with van der Waals surface area (Å²) in [4.78, 5) is 29.5. The van der Waals surface area contributed by atoms with Crippen LogP contribution in [0.2, 0.25) is 5.02 Å². The van der Waals surface area contributed by atoms with E-state index in [0.29, 0.717) is 39.8 Å². The maximum absolute atomic E-state index is 13.6. The number of aryl methyl sites for hydroxylation is 2. The molecule has 1 aliphatic carbocycles. The molecular weight excluding hydrogens is 591 g/mol. The Morgan fingerprint density at radius 1 is 1.09 bits per heavy atom. The molecule has 6 rings (SSSR count). The summed E-state index contributed by atoms with van der Waals surface area (Å²) in [6.07, 6.45) is 3.55. The molecule has 1 aliphatic heterocycles. The molecule has 0 unspecified atom stereocenters. The lowest BCUT2D eigenvalue weighted by Gasteiger charge is -2.34. The van der Waals surface area contributed by atoms with Gasteiger partial charge >= 0.3 is 12.1 Å². The summed E-state index contributed by atoms with van der Waals surface area (Å²) in [7, 11) is 3.43. The van der Waals surface area contributed by atoms with E-state index in [1.54, 1.807) is 11.8 Å². The summed E-state index contributed by atoms with van der Waals surface area (Å²) in [5.74, 6) is -1.60. The van der Waals surface area contributed by atoms with Crippen molar-refractivity contribution in [2.45, 2.75) is 50.9 Å². The topological polar surface area (TPSA) is 126 Å². The lowest BCUT2D eigenvalue weighted by atomic mass is 10.0. The zero-order chi connectivity index (χ0) is 31.1. The van der Waals surface area contributed by atoms with Gasteiger partial charge in [0.15, 0.2) is 5.65 Å². The molecule has 0 atom stereocenters. The van der Waals surface area contributed by atoms with Crippen molar-refractivity contribution in [1.82, 2.24) is 24.5 Å². The lowest BCUT2D eigenvalue weighted by Crippen LogP contribution is -2.43. The molecule has 1 amide bonds. The maximum atomic E-state index is 13.6. The number of carbonyl (C=O) groups excluding carboxylic acids is 1. The average molecular weight is 622 g/mol. The van der Waals surface area contributed by atoms with Gasteiger partial charge in [0, 0.05) is 56.1 Å². The number of anilines is 2. The number of hydrogen-bond donors (Lipinski definition) is 3. The first-order chi connectivity index (χ1) is 20.3. The van der Waals surface area contributed by atoms with Gasteiger partial charge in [-0.3, -0.25) is 13.9 Å². The minimum atomic E-state index is -5.08. The van der Waals surface area contributed by atoms with E-state index in [0.717, 1.165) is 48.3 Å². The van der Waals surface area contributed by atoms with E-state index in [2.05, 4.69) is 25.6 Å². The summed E-state index contributed by atoms with van der Waals surface area (Å²) in [5.41, 5.74) is 3.05. The summed E-state index contributed by atoms with van der Waals surface area (Å²) < 4.78 is 41.0. The van der Waals surface area contributed by atoms with Crippen LogP contribution in [0, 0.1) is 6.92 Å². The molecule has 11 nitrogen and oxygen atoms in total. The number of halogens is 4. The quantitative estimate of drug-likeness (QED) is 0.280. The number of piperidine rings is 1. The fourth-order valence-electron chi connectivity index (χ4n) is 5.15. The second kappa shape index (κ2) is 11.9. The predicted octanol–water partition coefficient (Wildman–Crippen LogP) is 4.80. The third-order valence-electron chi connectivity index (χ3n) is 7.32. The molecule has 4 aromatic rings. The molecule has 4 heterocycles. The summed E-state index contributed by atoms with van der Waals surface area (Å²) in [6.45, 7) is 3.79. The molecule has 2 aliphatic rings. The Labute approximate surface area is 249 Å². The van der Waals surface area contributed by atoms with Crippen LogP contribution in [0.3, 0.4) is 0 Å². The van der Waals surface area contributed by atoms with E-state index in [1.165, 1.54) is 12.8 Å². The third kappa shape index (κ3) is 6.80. The number of benzene rings is 1. The van der Waals surface area contributed by atoms with Crippen molar-refractivity contribution < 1.29 is 32.6 Å². The maximum Gasteiger partial charge on any atom is 0.490 e. The fourth-order valence-corrected chi connectivity index (χ4v) is 5.42. The molecular formula is C28H31ClF3N7O4. The van der Waals surface area contributed by atoms with Crippen LogP contribution in [-0.2, 0) is 11.8 Å². The number of hydrogen-bond acceptors (Lipinski definition) is 7. The van der Waals surface area contributed by atoms with Crippen LogP contribution in [0.15, 0.2) is 30.6 Å². The number of nitrogens with one attached hydrogen (secondary N) is 2. The smallest absolute Gasteiger partial charge is 0.490 e. The van der Waals surface area contributed by atoms with E-state index in [9.17, 15) is 18.0 Å². The van der Waals surface area contributed by atoms with Gasteiger partial charge in [0.25, 0.3) is 5.91 Å². The zero-order valence-corrected chi connectivity index (χ0v) is 24.5. The molecule has 0 bridgehead atoms. The molecule has 3 N–H and O–H groups in total. The minimum absolute atomic E-state index is 0.337. The molecule has 1 saturated heterocycles. The van der Waals surface area contributed by atoms with Crippen molar-refractivity contribution >= 4 is 51.5 Å². The third-order valence-corrected chi connectivity index (χ3v) is 7.62. The van der Waals surface area contributed by atoms with E-state index in [1.807, 2.05) is 49.0 Å². The number of nitrogens with zero attached hydrogens (tertiary/aromatic N) is 5. The number of amides is 1. The average Bonchev–Trinajstić information content (AvgIpc) is 3.55. The van der Waals surface area contributed by atoms with Crippen LogP contribution >= 0.6 is 11.6 Å². The number of carboxylic acid groups (broad SMARTS) is 1. The highest BCUT2D eigenvalue weighted by Gasteiger charge is 2.38. The van der Waals surface area contributed by atoms with Crippen LogP contribution in [0.4, 0.5) is 24.7 Å². The molecule has 0 radical (unpaired) electrons. The van der Waals surface area contributed by atoms with E-state index in [-0.39, 0.29) is 5.91 Å². The number of carboxylic acids is 1. The number of aromatic nitrogens is 4. The first-order valence-corrected chi connectivity index (χ1v) is 14.0. The normalized spacial score (nSPS) is 15.8. The molecule has 43 heavy (non-hydrogen) atoms. The highest BCUT2D eigenvalue weighted by Crippen LogP contribution is 2.34. The van der Waals surface area contributed by atoms with Crippen LogP contribution < -0.4 is 20.3 Å². The zero-order valence-electron chi connectivity index (χ0n) is 23.7. The van der Waals surface area contributed by atoms with Gasteiger partial charge in [-0.25, -0.2) is 9.78 Å². The molecule has 1 saturated carbocycles. The van der Waals surface area contributed by atoms with Gasteiger partial charge in [0.05, 0.1) is 29.0 Å². The molecule has 0 spiro atoms. The predicted molar refractivity (Wildman–Crippen MR) is 155 cm³/mol. The van der Waals surface area contributed by atoms with Crippen molar-refractivity contribution in [3.63, 3.8) is 0 Å². The molecule has 1 aromatic carbocycles. The number of fused-ring (bicyclic) bond motifs is 2. The van der Waals surface area contributed by atoms with Crippen molar-refractivity contribution in [2.24, 2.45) is 7.05 Å². The number of pyridine rings is 1. The standard InChI is InChI=1S/C26H30ClN7O2.C2HF3O2/c1-15-13-34-23(33-8-6-18(7-9-33)29-17-4-5-17)11-19(27)24(25(34)28-15)26(35)30-21-10-16-14-32(2)31-20(16)12-22(21)36-3;3-2(4,5)1(6)7/h10-14,17-18,29H,4-9H2,1-3H3,(H,30,35);(H,6,7). The number of alkyl halides is 3. The first-order valence-electron chi connectivity index (χ1n) is 13.7. The number of carbonyl (C=O) groups is 2. The highest BCUT2D eigenvalue weighted by molar-refractivity contribution is 6.35. The molecule has 2 fully saturated rings. The Bertz CT molecular complexity index is 1670. The van der Waals surface area contributed by atoms with Crippen LogP contribution in [0.5, 0.6) is 5.75 Å². The number of aliphatic carboxylic acids is 1. The van der Waals surface area contributed by atoms with E-state index >= 15 is 0 Å². The Morgan fingerprint density at radius 2 is 1.74 bits per heavy atom. The van der Waals surface area contributed by atoms with Crippen LogP contribution in [0.25, 0.3) is 16.6 Å². The summed E-state index contributed by atoms with van der Waals surface area (Å²) >= 11 is 6.78. The summed E-state index contributed by atoms with van der Waals surface area (Å²) in [5, 5.41) is 19.6. The second-order valence-corrected chi connectivity index (χ2v) is 11.1. The monoisotopic (exact) mass is 621 g/mol. The largest absolute Gasteiger partial charge is 0.494 e. The van der Waals surface area contributed by atoms with Crippen molar-refractivity contribution in [3.8, 4) is 5.75 Å². The van der Waals surface area contributed by atoms with Gasteiger partial charge in [-0.05, 0) is 44.7 Å². The van der Waals surface area contributed by atoms with Crippen molar-refractivity contribution in [1.29, 1.82) is 0 Å². The first kappa shape index (κ1) is 30.4. The molecule has 230 valence electrons. The molecule has 3 aromatic heterocycles. The van der Waals surface area contributed by atoms with Gasteiger partial charge in [-0.2, -0.15) is 18.3 Å². The SMILES string of the molecule is COc1cc2nn(C)cc2cc1NC(=O)c1c(Cl)cc(N2CCC(NC3CC3)CC2)n2cc(C)nc12.O=C(O)C(F)(F)F. The van der Waals surface area contributed by atoms with Crippen molar-refractivity contribution in [3.05, 3.63) is 46.9 Å². The highest BCUT2D eigenvalue weighted by atomic mass is 35.5. The van der Waals surface area contributed by atoms with Gasteiger partial charge < -0.3 is 25.4 Å². The van der Waals surface area contributed by atoms with E-state index in [4.69, 9.17) is 26.2 Å². The Kier molecular flexibility index (Phi) is 8.43. The number of rotatable bonds is 6. The number of methoxy groups -OCH3 is 1. The van der Waals surface area contributed by atoms with Gasteiger partial charge in [0.2, 0.25) is 0 Å². The Balaban J connectivity index is 0.000000472. The molecule has 15 heteroatoms. The van der Waals surface area contributed by atoms with Crippen LogP contribution in [-0.4, -0.2) is 74.6 Å². The van der Waals surface area contributed by atoms with Gasteiger partial charge in [0.1, 0.15) is 17.1 Å². The fraction of sp³-hybridized carbons (Fsp3) is 0.429. The second-order valence-electron chi connectivity index (χ2n) is 10.7. The Hall–Kier alpha value is -4.04. The van der Waals surface area contributed by atoms with Crippen molar-refractivity contribution in [2.75, 3.05) is 30.4 Å². The van der Waals surface area contributed by atoms with Crippen LogP contribution in [0.1, 0.15) is 41.7 Å². The minimum Gasteiger partial charge on any atom is -0.494 e. The lowest BCUT2D eigenvalue weighted by molar-refractivity contribution is -0.192.